The van der Waals surface area contributed by atoms with E-state index in [4.69, 9.17) is 5.26 Å². The molecule has 0 amide bonds. The van der Waals surface area contributed by atoms with Gasteiger partial charge in [0, 0.05) is 12.3 Å². The highest BCUT2D eigenvalue weighted by molar-refractivity contribution is 7.99. The Morgan fingerprint density at radius 2 is 2.13 bits per heavy atom. The summed E-state index contributed by atoms with van der Waals surface area (Å²) in [4.78, 5) is 0. The van der Waals surface area contributed by atoms with Crippen LogP contribution in [0.2, 0.25) is 0 Å². The van der Waals surface area contributed by atoms with Gasteiger partial charge in [-0.1, -0.05) is 12.8 Å². The Balaban J connectivity index is 2.23. The number of nitrogens with zero attached hydrogens (tertiary/aromatic N) is 3. The highest BCUT2D eigenvalue weighted by Gasteiger charge is 2.21. The molecule has 1 aromatic heterocycles. The van der Waals surface area contributed by atoms with Crippen LogP contribution in [0.15, 0.2) is 5.03 Å². The van der Waals surface area contributed by atoms with E-state index in [-0.39, 0.29) is 0 Å². The molecule has 0 aliphatic heterocycles. The first-order valence-electron chi connectivity index (χ1n) is 5.32. The van der Waals surface area contributed by atoms with Crippen LogP contribution in [-0.4, -0.2) is 15.0 Å². The van der Waals surface area contributed by atoms with Crippen molar-refractivity contribution in [3.63, 3.8) is 0 Å². The third-order valence-corrected chi connectivity index (χ3v) is 4.36. The second-order valence-corrected chi connectivity index (χ2v) is 5.31. The molecule has 1 saturated carbocycles. The lowest BCUT2D eigenvalue weighted by Gasteiger charge is -2.08. The van der Waals surface area contributed by atoms with Gasteiger partial charge >= 0.3 is 0 Å². The molecule has 1 fully saturated rings. The Labute approximate surface area is 94.5 Å². The predicted octanol–water partition coefficient (Wildman–Crippen LogP) is 2.63. The van der Waals surface area contributed by atoms with E-state index in [1.807, 2.05) is 30.4 Å². The molecule has 1 aromatic rings. The minimum atomic E-state index is 0.687. The minimum absolute atomic E-state index is 0.687. The van der Waals surface area contributed by atoms with Crippen molar-refractivity contribution in [3.05, 3.63) is 11.3 Å². The van der Waals surface area contributed by atoms with Crippen molar-refractivity contribution in [2.75, 3.05) is 0 Å². The lowest BCUT2D eigenvalue weighted by molar-refractivity contribution is 0.689. The second-order valence-electron chi connectivity index (χ2n) is 4.03. The molecular weight excluding hydrogens is 206 g/mol. The van der Waals surface area contributed by atoms with Gasteiger partial charge in [-0.2, -0.15) is 10.4 Å². The van der Waals surface area contributed by atoms with E-state index in [1.54, 1.807) is 0 Å². The molecule has 80 valence electrons. The number of aryl methyl sites for hydroxylation is 2. The fourth-order valence-electron chi connectivity index (χ4n) is 2.06. The van der Waals surface area contributed by atoms with Crippen LogP contribution in [0.3, 0.4) is 0 Å². The lowest BCUT2D eigenvalue weighted by atomic mass is 10.3. The largest absolute Gasteiger partial charge is 0.260 e. The molecule has 0 aromatic carbocycles. The molecule has 0 saturated heterocycles. The van der Waals surface area contributed by atoms with Gasteiger partial charge in [0.1, 0.15) is 16.7 Å². The van der Waals surface area contributed by atoms with Gasteiger partial charge < -0.3 is 0 Å². The molecule has 1 aliphatic carbocycles. The molecule has 4 heteroatoms. The van der Waals surface area contributed by atoms with Crippen molar-refractivity contribution in [3.8, 4) is 6.07 Å². The van der Waals surface area contributed by atoms with Gasteiger partial charge in [-0.15, -0.1) is 11.8 Å². The van der Waals surface area contributed by atoms with Crippen LogP contribution >= 0.6 is 11.8 Å². The zero-order valence-electron chi connectivity index (χ0n) is 9.16. The van der Waals surface area contributed by atoms with Crippen LogP contribution in [0.1, 0.15) is 36.9 Å². The van der Waals surface area contributed by atoms with Crippen molar-refractivity contribution in [1.82, 2.24) is 9.78 Å². The van der Waals surface area contributed by atoms with E-state index < -0.39 is 0 Å². The zero-order valence-corrected chi connectivity index (χ0v) is 9.97. The smallest absolute Gasteiger partial charge is 0.112 e. The average molecular weight is 221 g/mol. The Kier molecular flexibility index (Phi) is 3.01. The van der Waals surface area contributed by atoms with Crippen molar-refractivity contribution in [1.29, 1.82) is 5.26 Å². The molecule has 0 N–H and O–H groups in total. The van der Waals surface area contributed by atoms with Crippen LogP contribution in [0.4, 0.5) is 0 Å². The van der Waals surface area contributed by atoms with E-state index in [2.05, 4.69) is 11.2 Å². The van der Waals surface area contributed by atoms with Crippen LogP contribution < -0.4 is 0 Å². The summed E-state index contributed by atoms with van der Waals surface area (Å²) in [6, 6.07) is 2.25. The monoisotopic (exact) mass is 221 g/mol. The summed E-state index contributed by atoms with van der Waals surface area (Å²) in [5.74, 6) is 0. The van der Waals surface area contributed by atoms with Gasteiger partial charge in [0.2, 0.25) is 0 Å². The highest BCUT2D eigenvalue weighted by Crippen LogP contribution is 2.36. The van der Waals surface area contributed by atoms with Gasteiger partial charge in [-0.3, -0.25) is 4.68 Å². The third kappa shape index (κ3) is 2.03. The van der Waals surface area contributed by atoms with E-state index in [0.29, 0.717) is 5.25 Å². The summed E-state index contributed by atoms with van der Waals surface area (Å²) >= 11 is 1.83. The number of nitriles is 1. The van der Waals surface area contributed by atoms with Crippen molar-refractivity contribution in [2.24, 2.45) is 7.05 Å². The number of rotatable bonds is 2. The Morgan fingerprint density at radius 1 is 1.47 bits per heavy atom. The number of hydrogen-bond donors (Lipinski definition) is 0. The molecular formula is C11H15N3S. The zero-order chi connectivity index (χ0) is 10.8. The second kappa shape index (κ2) is 4.28. The topological polar surface area (TPSA) is 41.6 Å². The summed E-state index contributed by atoms with van der Waals surface area (Å²) in [6.07, 6.45) is 5.21. The molecule has 15 heavy (non-hydrogen) atoms. The van der Waals surface area contributed by atoms with Gasteiger partial charge in [0.05, 0.1) is 5.69 Å². The fraction of sp³-hybridized carbons (Fsp3) is 0.636. The van der Waals surface area contributed by atoms with E-state index >= 15 is 0 Å². The molecule has 0 unspecified atom stereocenters. The Morgan fingerprint density at radius 3 is 2.73 bits per heavy atom. The normalized spacial score (nSPS) is 16.9. The quantitative estimate of drug-likeness (QED) is 0.771. The summed E-state index contributed by atoms with van der Waals surface area (Å²) < 4.78 is 1.84. The van der Waals surface area contributed by atoms with Gasteiger partial charge in [-0.25, -0.2) is 0 Å². The van der Waals surface area contributed by atoms with Gasteiger partial charge in [0.25, 0.3) is 0 Å². The van der Waals surface area contributed by atoms with Gasteiger partial charge in [0.15, 0.2) is 0 Å². The molecule has 2 rings (SSSR count). The first-order chi connectivity index (χ1) is 7.22. The maximum Gasteiger partial charge on any atom is 0.112 e. The predicted molar refractivity (Wildman–Crippen MR) is 60.8 cm³/mol. The summed E-state index contributed by atoms with van der Waals surface area (Å²) in [7, 11) is 1.92. The fourth-order valence-corrected chi connectivity index (χ4v) is 3.45. The number of aromatic nitrogens is 2. The van der Waals surface area contributed by atoms with E-state index in [0.717, 1.165) is 16.3 Å². The molecule has 1 aliphatic rings. The standard InChI is InChI=1S/C11H15N3S/c1-8-10(7-12)11(14(2)13-8)15-9-5-3-4-6-9/h9H,3-6H2,1-2H3. The molecule has 3 nitrogen and oxygen atoms in total. The molecule has 0 bridgehead atoms. The van der Waals surface area contributed by atoms with Gasteiger partial charge in [-0.05, 0) is 19.8 Å². The Bertz CT molecular complexity index is 397. The molecule has 1 heterocycles. The molecule has 0 spiro atoms. The van der Waals surface area contributed by atoms with Crippen molar-refractivity contribution in [2.45, 2.75) is 42.9 Å². The lowest BCUT2D eigenvalue weighted by Crippen LogP contribution is -1.99. The summed E-state index contributed by atoms with van der Waals surface area (Å²) in [6.45, 7) is 1.90. The first kappa shape index (κ1) is 10.6. The van der Waals surface area contributed by atoms with Crippen LogP contribution in [0, 0.1) is 18.3 Å². The van der Waals surface area contributed by atoms with Crippen LogP contribution in [0.5, 0.6) is 0 Å². The highest BCUT2D eigenvalue weighted by atomic mass is 32.2. The average Bonchev–Trinajstić information content (AvgIpc) is 2.77. The Hall–Kier alpha value is -0.950. The van der Waals surface area contributed by atoms with Crippen LogP contribution in [-0.2, 0) is 7.05 Å². The summed E-state index contributed by atoms with van der Waals surface area (Å²) in [5, 5.41) is 15.1. The maximum atomic E-state index is 9.07. The van der Waals surface area contributed by atoms with Crippen molar-refractivity contribution >= 4 is 11.8 Å². The van der Waals surface area contributed by atoms with E-state index in [9.17, 15) is 0 Å². The molecule has 0 atom stereocenters. The van der Waals surface area contributed by atoms with Crippen LogP contribution in [0.25, 0.3) is 0 Å². The SMILES string of the molecule is Cc1nn(C)c(SC2CCCC2)c1C#N. The first-order valence-corrected chi connectivity index (χ1v) is 6.20. The van der Waals surface area contributed by atoms with E-state index in [1.165, 1.54) is 25.7 Å². The molecule has 0 radical (unpaired) electrons. The number of hydrogen-bond acceptors (Lipinski definition) is 3. The third-order valence-electron chi connectivity index (χ3n) is 2.86. The maximum absolute atomic E-state index is 9.07. The number of thioether (sulfide) groups is 1. The van der Waals surface area contributed by atoms with Crippen molar-refractivity contribution < 1.29 is 0 Å². The minimum Gasteiger partial charge on any atom is -0.260 e. The summed E-state index contributed by atoms with van der Waals surface area (Å²) in [5.41, 5.74) is 1.61.